The molecule has 136 valence electrons. The van der Waals surface area contributed by atoms with E-state index >= 15 is 0 Å². The zero-order chi connectivity index (χ0) is 17.9. The first kappa shape index (κ1) is 16.8. The van der Waals surface area contributed by atoms with Crippen LogP contribution in [0.4, 0.5) is 0 Å². The van der Waals surface area contributed by atoms with Gasteiger partial charge in [-0.15, -0.1) is 0 Å². The molecule has 26 heavy (non-hydrogen) atoms. The molecule has 6 nitrogen and oxygen atoms in total. The van der Waals surface area contributed by atoms with E-state index in [1.54, 1.807) is 11.2 Å². The highest BCUT2D eigenvalue weighted by molar-refractivity contribution is 5.99. The molecular weight excluding hydrogens is 328 g/mol. The molecule has 2 N–H and O–H groups in total. The molecule has 1 amide bonds. The molecule has 1 aromatic heterocycles. The van der Waals surface area contributed by atoms with E-state index in [1.165, 1.54) is 12.8 Å². The molecule has 2 heterocycles. The summed E-state index contributed by atoms with van der Waals surface area (Å²) in [5, 5.41) is 6.66. The van der Waals surface area contributed by atoms with Crippen LogP contribution in [0.2, 0.25) is 0 Å². The Bertz CT molecular complexity index is 805. The summed E-state index contributed by atoms with van der Waals surface area (Å²) in [6.07, 6.45) is 4.02. The third-order valence-electron chi connectivity index (χ3n) is 4.71. The molecule has 0 bridgehead atoms. The average molecular weight is 352 g/mol. The van der Waals surface area contributed by atoms with Gasteiger partial charge in [-0.25, -0.2) is 0 Å². The summed E-state index contributed by atoms with van der Waals surface area (Å²) in [6.45, 7) is 2.97. The quantitative estimate of drug-likeness (QED) is 0.801. The van der Waals surface area contributed by atoms with E-state index in [1.807, 2.05) is 37.4 Å². The summed E-state index contributed by atoms with van der Waals surface area (Å²) in [5.74, 6) is 1.73. The summed E-state index contributed by atoms with van der Waals surface area (Å²) >= 11 is 0. The van der Waals surface area contributed by atoms with Gasteiger partial charge in [0, 0.05) is 31.7 Å². The Morgan fingerprint density at radius 3 is 2.85 bits per heavy atom. The SMILES string of the molecule is CN(Cc1ccc(C2=NCCN2)cc1)C(=O)c1coc(CNC2CC2)c1. The number of carbonyl (C=O) groups is 1. The lowest BCUT2D eigenvalue weighted by atomic mass is 10.1. The van der Waals surface area contributed by atoms with Crippen molar-refractivity contribution < 1.29 is 9.21 Å². The first-order valence-electron chi connectivity index (χ1n) is 9.13. The maximum Gasteiger partial charge on any atom is 0.257 e. The van der Waals surface area contributed by atoms with Gasteiger partial charge in [-0.3, -0.25) is 9.79 Å². The summed E-state index contributed by atoms with van der Waals surface area (Å²) in [4.78, 5) is 18.7. The van der Waals surface area contributed by atoms with Crippen LogP contribution in [0.25, 0.3) is 0 Å². The molecule has 1 saturated carbocycles. The van der Waals surface area contributed by atoms with Crippen molar-refractivity contribution in [2.45, 2.75) is 32.0 Å². The van der Waals surface area contributed by atoms with Crippen LogP contribution in [0, 0.1) is 0 Å². The Morgan fingerprint density at radius 1 is 1.35 bits per heavy atom. The Kier molecular flexibility index (Phi) is 4.75. The molecule has 1 fully saturated rings. The smallest absolute Gasteiger partial charge is 0.257 e. The van der Waals surface area contributed by atoms with Gasteiger partial charge in [-0.05, 0) is 24.5 Å². The molecule has 6 heteroatoms. The highest BCUT2D eigenvalue weighted by atomic mass is 16.3. The van der Waals surface area contributed by atoms with Gasteiger partial charge in [-0.2, -0.15) is 0 Å². The van der Waals surface area contributed by atoms with Crippen LogP contribution in [-0.4, -0.2) is 42.8 Å². The summed E-state index contributed by atoms with van der Waals surface area (Å²) in [5.41, 5.74) is 2.77. The van der Waals surface area contributed by atoms with Crippen molar-refractivity contribution in [1.29, 1.82) is 0 Å². The first-order valence-corrected chi connectivity index (χ1v) is 9.13. The van der Waals surface area contributed by atoms with Crippen LogP contribution >= 0.6 is 0 Å². The summed E-state index contributed by atoms with van der Waals surface area (Å²) in [7, 11) is 1.81. The monoisotopic (exact) mass is 352 g/mol. The number of nitrogens with zero attached hydrogens (tertiary/aromatic N) is 2. The van der Waals surface area contributed by atoms with E-state index in [-0.39, 0.29) is 5.91 Å². The van der Waals surface area contributed by atoms with E-state index < -0.39 is 0 Å². The van der Waals surface area contributed by atoms with Gasteiger partial charge in [0.05, 0.1) is 18.7 Å². The molecule has 1 aliphatic heterocycles. The van der Waals surface area contributed by atoms with Crippen molar-refractivity contribution in [2.24, 2.45) is 4.99 Å². The van der Waals surface area contributed by atoms with Crippen LogP contribution in [0.1, 0.15) is 40.1 Å². The van der Waals surface area contributed by atoms with Crippen molar-refractivity contribution in [3.63, 3.8) is 0 Å². The minimum Gasteiger partial charge on any atom is -0.467 e. The molecule has 2 aromatic rings. The predicted molar refractivity (Wildman–Crippen MR) is 100 cm³/mol. The standard InChI is InChI=1S/C20H24N4O2/c1-24(12-14-2-4-15(5-3-14)19-21-8-9-22-19)20(25)16-10-18(26-13-16)11-23-17-6-7-17/h2-5,10,13,17,23H,6-9,11-12H2,1H3,(H,21,22). The van der Waals surface area contributed by atoms with Gasteiger partial charge < -0.3 is 20.0 Å². The van der Waals surface area contributed by atoms with Crippen molar-refractivity contribution in [3.8, 4) is 0 Å². The number of hydrogen-bond acceptors (Lipinski definition) is 5. The molecule has 2 aliphatic rings. The molecule has 1 aliphatic carbocycles. The van der Waals surface area contributed by atoms with Gasteiger partial charge in [0.15, 0.2) is 0 Å². The minimum atomic E-state index is -0.0302. The van der Waals surface area contributed by atoms with E-state index in [0.717, 1.165) is 35.8 Å². The van der Waals surface area contributed by atoms with Crippen molar-refractivity contribution in [3.05, 3.63) is 59.0 Å². The number of furan rings is 1. The number of aliphatic imine (C=N–C) groups is 1. The maximum absolute atomic E-state index is 12.6. The fraction of sp³-hybridized carbons (Fsp3) is 0.400. The number of rotatable bonds is 7. The van der Waals surface area contributed by atoms with Gasteiger partial charge in [0.2, 0.25) is 0 Å². The van der Waals surface area contributed by atoms with Crippen LogP contribution in [-0.2, 0) is 13.1 Å². The van der Waals surface area contributed by atoms with Crippen molar-refractivity contribution >= 4 is 11.7 Å². The second-order valence-corrected chi connectivity index (χ2v) is 6.97. The minimum absolute atomic E-state index is 0.0302. The fourth-order valence-electron chi connectivity index (χ4n) is 3.04. The van der Waals surface area contributed by atoms with E-state index in [2.05, 4.69) is 15.6 Å². The van der Waals surface area contributed by atoms with E-state index in [0.29, 0.717) is 24.7 Å². The van der Waals surface area contributed by atoms with Crippen molar-refractivity contribution in [1.82, 2.24) is 15.5 Å². The average Bonchev–Trinajstić information content (AvgIpc) is 3.12. The fourth-order valence-corrected chi connectivity index (χ4v) is 3.04. The zero-order valence-electron chi connectivity index (χ0n) is 15.0. The van der Waals surface area contributed by atoms with Crippen LogP contribution < -0.4 is 10.6 Å². The Hall–Kier alpha value is -2.60. The van der Waals surface area contributed by atoms with Crippen LogP contribution in [0.5, 0.6) is 0 Å². The largest absolute Gasteiger partial charge is 0.467 e. The lowest BCUT2D eigenvalue weighted by Gasteiger charge is -2.16. The second kappa shape index (κ2) is 7.33. The summed E-state index contributed by atoms with van der Waals surface area (Å²) in [6, 6.07) is 10.6. The van der Waals surface area contributed by atoms with Gasteiger partial charge >= 0.3 is 0 Å². The molecule has 0 saturated heterocycles. The van der Waals surface area contributed by atoms with Crippen LogP contribution in [0.3, 0.4) is 0 Å². The molecular formula is C20H24N4O2. The Morgan fingerprint density at radius 2 is 2.15 bits per heavy atom. The van der Waals surface area contributed by atoms with Crippen LogP contribution in [0.15, 0.2) is 46.0 Å². The normalized spacial score (nSPS) is 16.3. The first-order chi connectivity index (χ1) is 12.7. The molecule has 0 radical (unpaired) electrons. The van der Waals surface area contributed by atoms with Gasteiger partial charge in [0.1, 0.15) is 17.9 Å². The third kappa shape index (κ3) is 3.96. The van der Waals surface area contributed by atoms with E-state index in [9.17, 15) is 4.79 Å². The topological polar surface area (TPSA) is 69.9 Å². The maximum atomic E-state index is 12.6. The third-order valence-corrected chi connectivity index (χ3v) is 4.71. The number of amides is 1. The molecule has 0 spiro atoms. The number of amidine groups is 1. The molecule has 0 atom stereocenters. The number of hydrogen-bond donors (Lipinski definition) is 2. The second-order valence-electron chi connectivity index (χ2n) is 6.97. The predicted octanol–water partition coefficient (Wildman–Crippen LogP) is 2.15. The number of carbonyl (C=O) groups excluding carboxylic acids is 1. The Labute approximate surface area is 153 Å². The van der Waals surface area contributed by atoms with Crippen molar-refractivity contribution in [2.75, 3.05) is 20.1 Å². The molecule has 4 rings (SSSR count). The van der Waals surface area contributed by atoms with E-state index in [4.69, 9.17) is 4.42 Å². The lowest BCUT2D eigenvalue weighted by molar-refractivity contribution is 0.0784. The van der Waals surface area contributed by atoms with Gasteiger partial charge in [-0.1, -0.05) is 24.3 Å². The number of benzene rings is 1. The summed E-state index contributed by atoms with van der Waals surface area (Å²) < 4.78 is 5.51. The number of nitrogens with one attached hydrogen (secondary N) is 2. The Balaban J connectivity index is 1.34. The zero-order valence-corrected chi connectivity index (χ0v) is 15.0. The lowest BCUT2D eigenvalue weighted by Crippen LogP contribution is -2.26. The highest BCUT2D eigenvalue weighted by Gasteiger charge is 2.21. The highest BCUT2D eigenvalue weighted by Crippen LogP contribution is 2.20. The molecule has 0 unspecified atom stereocenters. The molecule has 1 aromatic carbocycles. The van der Waals surface area contributed by atoms with Gasteiger partial charge in [0.25, 0.3) is 5.91 Å².